The first kappa shape index (κ1) is 26.0. The predicted octanol–water partition coefficient (Wildman–Crippen LogP) is 3.44. The van der Waals surface area contributed by atoms with Crippen molar-refractivity contribution in [2.24, 2.45) is 4.99 Å². The van der Waals surface area contributed by atoms with Crippen LogP contribution in [0.1, 0.15) is 39.2 Å². The highest BCUT2D eigenvalue weighted by Gasteiger charge is 2.32. The predicted molar refractivity (Wildman–Crippen MR) is 134 cm³/mol. The zero-order chi connectivity index (χ0) is 21.6. The number of ether oxygens (including phenoxy) is 4. The van der Waals surface area contributed by atoms with Crippen LogP contribution in [-0.4, -0.2) is 76.7 Å². The highest BCUT2D eigenvalue weighted by atomic mass is 127. The first-order valence-corrected chi connectivity index (χ1v) is 11.0. The van der Waals surface area contributed by atoms with Crippen molar-refractivity contribution in [3.63, 3.8) is 0 Å². The lowest BCUT2D eigenvalue weighted by Gasteiger charge is -2.37. The van der Waals surface area contributed by atoms with E-state index in [1.54, 1.807) is 14.2 Å². The van der Waals surface area contributed by atoms with E-state index in [9.17, 15) is 0 Å². The Labute approximate surface area is 203 Å². The Balaban J connectivity index is 0.00000341. The number of hydrogen-bond acceptors (Lipinski definition) is 5. The lowest BCUT2D eigenvalue weighted by atomic mass is 9.84. The molecular weight excluding hydrogens is 509 g/mol. The first-order chi connectivity index (χ1) is 14.5. The standard InChI is InChI=1S/C23H37N3O4.HI/c1-6-24-22(26-11-13-30-21(15-26)19-8-7-12-29-19)25-16-23(2,3)17-9-10-18(27-4)20(14-17)28-5;/h9-10,14,19,21H,6-8,11-13,15-16H2,1-5H3,(H,24,25);1H. The number of nitrogens with zero attached hydrogens (tertiary/aromatic N) is 2. The number of halogens is 1. The van der Waals surface area contributed by atoms with Crippen molar-refractivity contribution in [3.05, 3.63) is 23.8 Å². The van der Waals surface area contributed by atoms with Crippen LogP contribution in [0.3, 0.4) is 0 Å². The quantitative estimate of drug-likeness (QED) is 0.321. The Hall–Kier alpha value is -1.26. The van der Waals surface area contributed by atoms with Gasteiger partial charge in [-0.05, 0) is 37.5 Å². The third kappa shape index (κ3) is 6.61. The molecule has 2 unspecified atom stereocenters. The highest BCUT2D eigenvalue weighted by molar-refractivity contribution is 14.0. The molecule has 0 spiro atoms. The van der Waals surface area contributed by atoms with Crippen molar-refractivity contribution in [1.29, 1.82) is 0 Å². The Morgan fingerprint density at radius 3 is 2.55 bits per heavy atom. The first-order valence-electron chi connectivity index (χ1n) is 11.0. The summed E-state index contributed by atoms with van der Waals surface area (Å²) in [5, 5.41) is 3.46. The Morgan fingerprint density at radius 1 is 1.16 bits per heavy atom. The number of morpholine rings is 1. The minimum atomic E-state index is -0.152. The van der Waals surface area contributed by atoms with Gasteiger partial charge in [0.1, 0.15) is 6.10 Å². The average Bonchev–Trinajstić information content (AvgIpc) is 3.31. The van der Waals surface area contributed by atoms with Gasteiger partial charge in [0.15, 0.2) is 17.5 Å². The number of hydrogen-bond donors (Lipinski definition) is 1. The van der Waals surface area contributed by atoms with Crippen molar-refractivity contribution in [2.75, 3.05) is 53.6 Å². The second-order valence-corrected chi connectivity index (χ2v) is 8.53. The second kappa shape index (κ2) is 12.1. The van der Waals surface area contributed by atoms with E-state index in [0.717, 1.165) is 56.5 Å². The zero-order valence-corrected chi connectivity index (χ0v) is 21.8. The van der Waals surface area contributed by atoms with E-state index in [1.165, 1.54) is 5.56 Å². The molecule has 0 bridgehead atoms. The molecule has 0 aromatic heterocycles. The summed E-state index contributed by atoms with van der Waals surface area (Å²) in [6.45, 7) is 11.2. The summed E-state index contributed by atoms with van der Waals surface area (Å²) in [5.41, 5.74) is 1.01. The highest BCUT2D eigenvalue weighted by Crippen LogP contribution is 2.33. The van der Waals surface area contributed by atoms with Gasteiger partial charge in [-0.2, -0.15) is 0 Å². The molecule has 8 heteroatoms. The van der Waals surface area contributed by atoms with Crippen molar-refractivity contribution in [2.45, 2.75) is 51.2 Å². The van der Waals surface area contributed by atoms with Crippen LogP contribution in [0.5, 0.6) is 11.5 Å². The summed E-state index contributed by atoms with van der Waals surface area (Å²) in [7, 11) is 3.32. The maximum absolute atomic E-state index is 6.01. The minimum Gasteiger partial charge on any atom is -0.493 e. The average molecular weight is 547 g/mol. The van der Waals surface area contributed by atoms with Gasteiger partial charge in [0.05, 0.1) is 33.5 Å². The summed E-state index contributed by atoms with van der Waals surface area (Å²) in [4.78, 5) is 7.32. The summed E-state index contributed by atoms with van der Waals surface area (Å²) in [6, 6.07) is 6.09. The number of benzene rings is 1. The van der Waals surface area contributed by atoms with Gasteiger partial charge in [-0.3, -0.25) is 4.99 Å². The van der Waals surface area contributed by atoms with Gasteiger partial charge in [0.2, 0.25) is 0 Å². The van der Waals surface area contributed by atoms with Gasteiger partial charge in [0, 0.05) is 31.7 Å². The van der Waals surface area contributed by atoms with Crippen LogP contribution >= 0.6 is 24.0 Å². The van der Waals surface area contributed by atoms with Crippen LogP contribution in [0, 0.1) is 0 Å². The maximum Gasteiger partial charge on any atom is 0.194 e. The van der Waals surface area contributed by atoms with E-state index in [-0.39, 0.29) is 41.6 Å². The summed E-state index contributed by atoms with van der Waals surface area (Å²) in [6.07, 6.45) is 2.53. The Bertz CT molecular complexity index is 723. The molecule has 0 aliphatic carbocycles. The van der Waals surface area contributed by atoms with E-state index < -0.39 is 0 Å². The minimum absolute atomic E-state index is 0. The lowest BCUT2D eigenvalue weighted by molar-refractivity contribution is -0.0817. The fourth-order valence-corrected chi connectivity index (χ4v) is 4.04. The molecule has 2 aliphatic rings. The van der Waals surface area contributed by atoms with Gasteiger partial charge in [-0.1, -0.05) is 19.9 Å². The van der Waals surface area contributed by atoms with Crippen LogP contribution in [0.2, 0.25) is 0 Å². The Kier molecular flexibility index (Phi) is 10.2. The summed E-state index contributed by atoms with van der Waals surface area (Å²) < 4.78 is 22.7. The summed E-state index contributed by atoms with van der Waals surface area (Å²) >= 11 is 0. The molecule has 0 amide bonds. The molecule has 1 aromatic rings. The SMILES string of the molecule is CCNC(=NCC(C)(C)c1ccc(OC)c(OC)c1)N1CCOC(C2CCCO2)C1.I. The fourth-order valence-electron chi connectivity index (χ4n) is 4.04. The van der Waals surface area contributed by atoms with E-state index >= 15 is 0 Å². The largest absolute Gasteiger partial charge is 0.493 e. The van der Waals surface area contributed by atoms with Crippen molar-refractivity contribution >= 4 is 29.9 Å². The maximum atomic E-state index is 6.01. The molecule has 0 radical (unpaired) electrons. The molecule has 3 rings (SSSR count). The van der Waals surface area contributed by atoms with E-state index in [0.29, 0.717) is 13.2 Å². The molecule has 2 heterocycles. The molecular formula is C23H38IN3O4. The van der Waals surface area contributed by atoms with Crippen LogP contribution in [0.25, 0.3) is 0 Å². The molecule has 2 atom stereocenters. The molecule has 7 nitrogen and oxygen atoms in total. The van der Waals surface area contributed by atoms with Crippen LogP contribution in [-0.2, 0) is 14.9 Å². The molecule has 2 aliphatic heterocycles. The van der Waals surface area contributed by atoms with Gasteiger partial charge in [-0.25, -0.2) is 0 Å². The van der Waals surface area contributed by atoms with E-state index in [1.807, 2.05) is 12.1 Å². The van der Waals surface area contributed by atoms with E-state index in [4.69, 9.17) is 23.9 Å². The zero-order valence-electron chi connectivity index (χ0n) is 19.5. The molecule has 2 fully saturated rings. The molecule has 2 saturated heterocycles. The lowest BCUT2D eigenvalue weighted by Crippen LogP contribution is -2.53. The molecule has 176 valence electrons. The van der Waals surface area contributed by atoms with E-state index in [2.05, 4.69) is 37.1 Å². The smallest absolute Gasteiger partial charge is 0.194 e. The summed E-state index contributed by atoms with van der Waals surface area (Å²) in [5.74, 6) is 2.42. The van der Waals surface area contributed by atoms with Gasteiger partial charge < -0.3 is 29.2 Å². The van der Waals surface area contributed by atoms with Gasteiger partial charge in [-0.15, -0.1) is 24.0 Å². The third-order valence-electron chi connectivity index (χ3n) is 5.90. The molecule has 1 N–H and O–H groups in total. The fraction of sp³-hybridized carbons (Fsp3) is 0.696. The normalized spacial score (nSPS) is 22.1. The number of guanidine groups is 1. The monoisotopic (exact) mass is 547 g/mol. The second-order valence-electron chi connectivity index (χ2n) is 8.53. The number of methoxy groups -OCH3 is 2. The van der Waals surface area contributed by atoms with Crippen molar-refractivity contribution < 1.29 is 18.9 Å². The molecule has 1 aromatic carbocycles. The number of aliphatic imine (C=N–C) groups is 1. The number of nitrogens with one attached hydrogen (secondary N) is 1. The third-order valence-corrected chi connectivity index (χ3v) is 5.90. The molecule has 0 saturated carbocycles. The van der Waals surface area contributed by atoms with Crippen LogP contribution in [0.4, 0.5) is 0 Å². The topological polar surface area (TPSA) is 64.6 Å². The molecule has 31 heavy (non-hydrogen) atoms. The van der Waals surface area contributed by atoms with Gasteiger partial charge in [0.25, 0.3) is 0 Å². The van der Waals surface area contributed by atoms with Crippen LogP contribution < -0.4 is 14.8 Å². The van der Waals surface area contributed by atoms with Gasteiger partial charge >= 0.3 is 0 Å². The number of rotatable bonds is 7. The van der Waals surface area contributed by atoms with Crippen LogP contribution in [0.15, 0.2) is 23.2 Å². The Morgan fingerprint density at radius 2 is 1.90 bits per heavy atom. The van der Waals surface area contributed by atoms with Crippen molar-refractivity contribution in [1.82, 2.24) is 10.2 Å². The van der Waals surface area contributed by atoms with Crippen molar-refractivity contribution in [3.8, 4) is 11.5 Å².